The molecule has 0 aromatic carbocycles. The lowest BCUT2D eigenvalue weighted by Gasteiger charge is -2.34. The number of hydrogen-bond donors (Lipinski definition) is 0. The van der Waals surface area contributed by atoms with Crippen molar-refractivity contribution in [1.29, 1.82) is 0 Å². The van der Waals surface area contributed by atoms with Crippen molar-refractivity contribution in [3.05, 3.63) is 5.89 Å². The van der Waals surface area contributed by atoms with E-state index in [1.54, 1.807) is 4.90 Å². The first-order valence-corrected chi connectivity index (χ1v) is 13.1. The van der Waals surface area contributed by atoms with Crippen LogP contribution >= 0.6 is 11.8 Å². The van der Waals surface area contributed by atoms with E-state index in [0.717, 1.165) is 25.9 Å². The lowest BCUT2D eigenvalue weighted by Crippen LogP contribution is -2.51. The second-order valence-electron chi connectivity index (χ2n) is 8.04. The number of sulfone groups is 1. The number of rotatable bonds is 6. The standard InChI is InChI=1S/C18H27N5O5S2/c24-15(22-4-1-2-5-22)11-21-6-8-23(9-7-21)16(25)12-29-18-20-19-17(28-18)14-3-10-30(26,27)13-14/h14H,1-13H2. The number of thioether (sulfide) groups is 1. The van der Waals surface area contributed by atoms with Gasteiger partial charge in [-0.2, -0.15) is 0 Å². The zero-order valence-electron chi connectivity index (χ0n) is 16.9. The van der Waals surface area contributed by atoms with Crippen molar-refractivity contribution in [2.24, 2.45) is 0 Å². The number of carbonyl (C=O) groups is 2. The third-order valence-corrected chi connectivity index (χ3v) is 8.44. The van der Waals surface area contributed by atoms with Crippen LogP contribution in [0, 0.1) is 0 Å². The third-order valence-electron chi connectivity index (χ3n) is 5.87. The van der Waals surface area contributed by atoms with E-state index < -0.39 is 9.84 Å². The molecule has 4 rings (SSSR count). The molecule has 166 valence electrons. The van der Waals surface area contributed by atoms with Crippen molar-refractivity contribution in [3.8, 4) is 0 Å². The van der Waals surface area contributed by atoms with E-state index in [1.807, 2.05) is 4.90 Å². The fourth-order valence-corrected chi connectivity index (χ4v) is 6.47. The summed E-state index contributed by atoms with van der Waals surface area (Å²) in [6, 6.07) is 0. The monoisotopic (exact) mass is 457 g/mol. The van der Waals surface area contributed by atoms with Gasteiger partial charge >= 0.3 is 0 Å². The normalized spacial score (nSPS) is 24.5. The molecule has 1 aromatic rings. The Morgan fingerprint density at radius 1 is 1.00 bits per heavy atom. The van der Waals surface area contributed by atoms with Gasteiger partial charge in [-0.3, -0.25) is 14.5 Å². The van der Waals surface area contributed by atoms with E-state index in [9.17, 15) is 18.0 Å². The van der Waals surface area contributed by atoms with Crippen LogP contribution < -0.4 is 0 Å². The number of piperazine rings is 1. The van der Waals surface area contributed by atoms with Gasteiger partial charge in [0.25, 0.3) is 5.22 Å². The van der Waals surface area contributed by atoms with Crippen molar-refractivity contribution < 1.29 is 22.4 Å². The Kier molecular flexibility index (Phi) is 6.63. The van der Waals surface area contributed by atoms with E-state index >= 15 is 0 Å². The van der Waals surface area contributed by atoms with Gasteiger partial charge < -0.3 is 14.2 Å². The molecule has 0 aliphatic carbocycles. The minimum absolute atomic E-state index is 0.00582. The number of aromatic nitrogens is 2. The molecule has 0 saturated carbocycles. The van der Waals surface area contributed by atoms with Crippen LogP contribution in [0.4, 0.5) is 0 Å². The van der Waals surface area contributed by atoms with Crippen molar-refractivity contribution in [3.63, 3.8) is 0 Å². The molecule has 0 N–H and O–H groups in total. The predicted molar refractivity (Wildman–Crippen MR) is 110 cm³/mol. The van der Waals surface area contributed by atoms with Gasteiger partial charge in [0.15, 0.2) is 9.84 Å². The Morgan fingerprint density at radius 2 is 1.70 bits per heavy atom. The molecule has 1 unspecified atom stereocenters. The van der Waals surface area contributed by atoms with Gasteiger partial charge in [-0.05, 0) is 19.3 Å². The van der Waals surface area contributed by atoms with Gasteiger partial charge in [-0.1, -0.05) is 11.8 Å². The fourth-order valence-electron chi connectivity index (χ4n) is 4.06. The first kappa shape index (κ1) is 21.6. The maximum Gasteiger partial charge on any atom is 0.277 e. The molecule has 10 nitrogen and oxygen atoms in total. The first-order chi connectivity index (χ1) is 14.4. The molecule has 3 aliphatic rings. The van der Waals surface area contributed by atoms with Crippen LogP contribution in [0.5, 0.6) is 0 Å². The molecule has 0 spiro atoms. The molecule has 3 saturated heterocycles. The summed E-state index contributed by atoms with van der Waals surface area (Å²) in [7, 11) is -3.01. The summed E-state index contributed by atoms with van der Waals surface area (Å²) in [4.78, 5) is 30.6. The molecular formula is C18H27N5O5S2. The number of hydrogen-bond acceptors (Lipinski definition) is 9. The second kappa shape index (κ2) is 9.23. The average molecular weight is 458 g/mol. The zero-order valence-corrected chi connectivity index (χ0v) is 18.5. The maximum absolute atomic E-state index is 12.5. The van der Waals surface area contributed by atoms with Crippen molar-refractivity contribution in [2.45, 2.75) is 30.4 Å². The molecule has 3 aliphatic heterocycles. The summed E-state index contributed by atoms with van der Waals surface area (Å²) < 4.78 is 28.7. The highest BCUT2D eigenvalue weighted by Gasteiger charge is 2.33. The molecule has 0 radical (unpaired) electrons. The number of nitrogens with zero attached hydrogens (tertiary/aromatic N) is 5. The van der Waals surface area contributed by atoms with Gasteiger partial charge in [0, 0.05) is 39.3 Å². The van der Waals surface area contributed by atoms with Gasteiger partial charge in [0.2, 0.25) is 17.7 Å². The summed E-state index contributed by atoms with van der Waals surface area (Å²) in [5.74, 6) is 0.654. The Labute approximate surface area is 180 Å². The molecule has 3 fully saturated rings. The lowest BCUT2D eigenvalue weighted by atomic mass is 10.1. The summed E-state index contributed by atoms with van der Waals surface area (Å²) in [5, 5.41) is 8.18. The molecule has 30 heavy (non-hydrogen) atoms. The highest BCUT2D eigenvalue weighted by molar-refractivity contribution is 7.99. The van der Waals surface area contributed by atoms with Crippen LogP contribution in [0.2, 0.25) is 0 Å². The van der Waals surface area contributed by atoms with Crippen LogP contribution in [0.3, 0.4) is 0 Å². The number of amides is 2. The van der Waals surface area contributed by atoms with Gasteiger partial charge in [-0.25, -0.2) is 8.42 Å². The largest absolute Gasteiger partial charge is 0.416 e. The number of likely N-dealkylation sites (tertiary alicyclic amines) is 1. The van der Waals surface area contributed by atoms with Crippen LogP contribution in [0.25, 0.3) is 0 Å². The van der Waals surface area contributed by atoms with Crippen LogP contribution in [-0.4, -0.2) is 108 Å². The van der Waals surface area contributed by atoms with Crippen LogP contribution in [-0.2, 0) is 19.4 Å². The molecular weight excluding hydrogens is 430 g/mol. The average Bonchev–Trinajstić information content (AvgIpc) is 3.47. The Morgan fingerprint density at radius 3 is 2.37 bits per heavy atom. The summed E-state index contributed by atoms with van der Waals surface area (Å²) in [6.07, 6.45) is 2.68. The smallest absolute Gasteiger partial charge is 0.277 e. The third kappa shape index (κ3) is 5.33. The molecule has 4 heterocycles. The van der Waals surface area contributed by atoms with Crippen molar-refractivity contribution in [2.75, 3.05) is 63.1 Å². The minimum atomic E-state index is -3.01. The Hall–Kier alpha value is -1.66. The lowest BCUT2D eigenvalue weighted by molar-refractivity contribution is -0.133. The molecule has 2 amide bonds. The van der Waals surface area contributed by atoms with E-state index in [0.29, 0.717) is 45.0 Å². The summed E-state index contributed by atoms with van der Waals surface area (Å²) in [5.41, 5.74) is 0. The summed E-state index contributed by atoms with van der Waals surface area (Å²) in [6.45, 7) is 4.74. The number of carbonyl (C=O) groups excluding carboxylic acids is 2. The van der Waals surface area contributed by atoms with Gasteiger partial charge in [0.05, 0.1) is 29.7 Å². The van der Waals surface area contributed by atoms with Gasteiger partial charge in [0.1, 0.15) is 0 Å². The van der Waals surface area contributed by atoms with Gasteiger partial charge in [-0.15, -0.1) is 10.2 Å². The highest BCUT2D eigenvalue weighted by Crippen LogP contribution is 2.29. The quantitative estimate of drug-likeness (QED) is 0.537. The van der Waals surface area contributed by atoms with E-state index in [2.05, 4.69) is 15.1 Å². The molecule has 12 heteroatoms. The zero-order chi connectivity index (χ0) is 21.1. The van der Waals surface area contributed by atoms with E-state index in [-0.39, 0.29) is 40.2 Å². The van der Waals surface area contributed by atoms with E-state index in [4.69, 9.17) is 4.42 Å². The molecule has 0 bridgehead atoms. The SMILES string of the molecule is O=C(CSc1nnc(C2CCS(=O)(=O)C2)o1)N1CCN(CC(=O)N2CCCC2)CC1. The second-order valence-corrected chi connectivity index (χ2v) is 11.2. The minimum Gasteiger partial charge on any atom is -0.416 e. The van der Waals surface area contributed by atoms with E-state index in [1.165, 1.54) is 11.8 Å². The van der Waals surface area contributed by atoms with Crippen molar-refractivity contribution in [1.82, 2.24) is 24.9 Å². The first-order valence-electron chi connectivity index (χ1n) is 10.3. The Balaban J connectivity index is 1.19. The molecule has 1 aromatic heterocycles. The predicted octanol–water partition coefficient (Wildman–Crippen LogP) is -0.170. The topological polar surface area (TPSA) is 117 Å². The van der Waals surface area contributed by atoms with Crippen molar-refractivity contribution >= 4 is 33.4 Å². The highest BCUT2D eigenvalue weighted by atomic mass is 32.2. The van der Waals surface area contributed by atoms with Crippen LogP contribution in [0.15, 0.2) is 9.64 Å². The Bertz CT molecular complexity index is 875. The fraction of sp³-hybridized carbons (Fsp3) is 0.778. The molecule has 1 atom stereocenters. The van der Waals surface area contributed by atoms with Crippen LogP contribution in [0.1, 0.15) is 31.1 Å². The maximum atomic E-state index is 12.5. The summed E-state index contributed by atoms with van der Waals surface area (Å²) >= 11 is 1.17.